The minimum atomic E-state index is -0.370. The highest BCUT2D eigenvalue weighted by molar-refractivity contribution is 6.30. The topological polar surface area (TPSA) is 62.3 Å². The number of halogens is 1. The summed E-state index contributed by atoms with van der Waals surface area (Å²) in [6.45, 7) is 2.36. The largest absolute Gasteiger partial charge is 0.294 e. The molecule has 1 aliphatic rings. The van der Waals surface area contributed by atoms with Crippen molar-refractivity contribution in [2.45, 2.75) is 19.5 Å². The predicted octanol–water partition coefficient (Wildman–Crippen LogP) is 1.74. The van der Waals surface area contributed by atoms with E-state index >= 15 is 0 Å². The molecule has 0 spiro atoms. The van der Waals surface area contributed by atoms with Gasteiger partial charge in [0.1, 0.15) is 5.15 Å². The van der Waals surface area contributed by atoms with Crippen LogP contribution in [0, 0.1) is 0 Å². The molecule has 1 unspecified atom stereocenters. The first-order valence-corrected chi connectivity index (χ1v) is 7.04. The molecule has 108 valence electrons. The number of benzene rings is 1. The molecule has 0 bridgehead atoms. The molecule has 1 aromatic carbocycles. The maximum Gasteiger partial charge on any atom is 0.243 e. The normalized spacial score (nSPS) is 19.8. The number of carbonyl (C=O) groups excluding carboxylic acids is 2. The van der Waals surface area contributed by atoms with Crippen molar-refractivity contribution in [2.24, 2.45) is 0 Å². The van der Waals surface area contributed by atoms with Crippen molar-refractivity contribution in [3.8, 4) is 0 Å². The van der Waals surface area contributed by atoms with E-state index in [2.05, 4.69) is 10.3 Å². The molecule has 1 N–H and O–H groups in total. The van der Waals surface area contributed by atoms with Crippen molar-refractivity contribution >= 4 is 34.3 Å². The molecule has 0 radical (unpaired) electrons. The zero-order valence-electron chi connectivity index (χ0n) is 11.5. The van der Waals surface area contributed by atoms with Gasteiger partial charge >= 0.3 is 0 Å². The van der Waals surface area contributed by atoms with Crippen LogP contribution in [0.2, 0.25) is 5.15 Å². The number of rotatable bonds is 2. The van der Waals surface area contributed by atoms with E-state index in [9.17, 15) is 9.59 Å². The number of pyridine rings is 1. The van der Waals surface area contributed by atoms with Gasteiger partial charge in [-0.15, -0.1) is 0 Å². The Balaban J connectivity index is 1.92. The number of para-hydroxylation sites is 1. The highest BCUT2D eigenvalue weighted by Gasteiger charge is 2.30. The Kier molecular flexibility index (Phi) is 3.61. The molecule has 1 fully saturated rings. The number of carbonyl (C=O) groups is 2. The van der Waals surface area contributed by atoms with Crippen LogP contribution >= 0.6 is 11.6 Å². The van der Waals surface area contributed by atoms with Crippen molar-refractivity contribution in [3.05, 3.63) is 41.0 Å². The van der Waals surface area contributed by atoms with Crippen LogP contribution in [0.3, 0.4) is 0 Å². The lowest BCUT2D eigenvalue weighted by atomic mass is 10.1. The van der Waals surface area contributed by atoms with Crippen LogP contribution in [0.4, 0.5) is 0 Å². The van der Waals surface area contributed by atoms with Gasteiger partial charge in [0, 0.05) is 17.5 Å². The molecule has 3 rings (SSSR count). The summed E-state index contributed by atoms with van der Waals surface area (Å²) in [5, 5.41) is 3.71. The fraction of sp³-hybridized carbons (Fsp3) is 0.267. The summed E-state index contributed by atoms with van der Waals surface area (Å²) < 4.78 is 0. The van der Waals surface area contributed by atoms with Crippen LogP contribution in [-0.4, -0.2) is 34.3 Å². The highest BCUT2D eigenvalue weighted by Crippen LogP contribution is 2.23. The lowest BCUT2D eigenvalue weighted by molar-refractivity contribution is -0.139. The van der Waals surface area contributed by atoms with Gasteiger partial charge < -0.3 is 0 Å². The summed E-state index contributed by atoms with van der Waals surface area (Å²) in [5.41, 5.74) is 1.64. The summed E-state index contributed by atoms with van der Waals surface area (Å²) >= 11 is 6.22. The maximum absolute atomic E-state index is 11.7. The summed E-state index contributed by atoms with van der Waals surface area (Å²) in [7, 11) is 0. The molecular formula is C15H14ClN3O2. The lowest BCUT2D eigenvalue weighted by Crippen LogP contribution is -2.56. The van der Waals surface area contributed by atoms with Crippen LogP contribution in [0.1, 0.15) is 12.5 Å². The number of hydrogen-bond donors (Lipinski definition) is 1. The van der Waals surface area contributed by atoms with Crippen LogP contribution < -0.4 is 5.32 Å². The Morgan fingerprint density at radius 3 is 2.95 bits per heavy atom. The number of amides is 2. The Bertz CT molecular complexity index is 732. The number of hydrogen-bond acceptors (Lipinski definition) is 4. The molecule has 1 atom stereocenters. The van der Waals surface area contributed by atoms with Crippen molar-refractivity contribution in [1.82, 2.24) is 15.2 Å². The molecule has 1 aliphatic heterocycles. The average molecular weight is 304 g/mol. The van der Waals surface area contributed by atoms with E-state index in [1.807, 2.05) is 30.3 Å². The summed E-state index contributed by atoms with van der Waals surface area (Å²) in [4.78, 5) is 29.3. The predicted molar refractivity (Wildman–Crippen MR) is 79.8 cm³/mol. The fourth-order valence-electron chi connectivity index (χ4n) is 2.43. The molecule has 5 nitrogen and oxygen atoms in total. The Morgan fingerprint density at radius 2 is 2.14 bits per heavy atom. The minimum Gasteiger partial charge on any atom is -0.294 e. The highest BCUT2D eigenvalue weighted by atomic mass is 35.5. The Hall–Kier alpha value is -1.98. The van der Waals surface area contributed by atoms with Crippen molar-refractivity contribution in [2.75, 3.05) is 6.54 Å². The molecule has 0 saturated carbocycles. The molecule has 2 heterocycles. The van der Waals surface area contributed by atoms with E-state index in [0.29, 0.717) is 11.7 Å². The van der Waals surface area contributed by atoms with Gasteiger partial charge in [0.2, 0.25) is 11.8 Å². The van der Waals surface area contributed by atoms with Crippen LogP contribution in [0.5, 0.6) is 0 Å². The number of piperazine rings is 1. The van der Waals surface area contributed by atoms with Crippen molar-refractivity contribution < 1.29 is 9.59 Å². The second-order valence-corrected chi connectivity index (χ2v) is 5.48. The number of aromatic nitrogens is 1. The standard InChI is InChI=1S/C15H14ClN3O2/c1-9-15(21)18-13(20)8-19(9)7-11-6-10-4-2-3-5-12(10)17-14(11)16/h2-6,9H,7-8H2,1H3,(H,18,20,21). The van der Waals surface area contributed by atoms with E-state index in [4.69, 9.17) is 11.6 Å². The Morgan fingerprint density at radius 1 is 1.38 bits per heavy atom. The summed E-state index contributed by atoms with van der Waals surface area (Å²) in [5.74, 6) is -0.570. The van der Waals surface area contributed by atoms with Crippen LogP contribution in [-0.2, 0) is 16.1 Å². The maximum atomic E-state index is 11.7. The third-order valence-corrected chi connectivity index (χ3v) is 3.99. The third-order valence-electron chi connectivity index (χ3n) is 3.66. The quantitative estimate of drug-likeness (QED) is 0.678. The molecule has 2 aromatic rings. The monoisotopic (exact) mass is 303 g/mol. The zero-order valence-corrected chi connectivity index (χ0v) is 12.2. The second-order valence-electron chi connectivity index (χ2n) is 5.12. The van der Waals surface area contributed by atoms with Gasteiger partial charge in [-0.05, 0) is 19.1 Å². The molecule has 2 amide bonds. The first-order chi connectivity index (χ1) is 10.0. The van der Waals surface area contributed by atoms with E-state index in [1.165, 1.54) is 0 Å². The van der Waals surface area contributed by atoms with Crippen LogP contribution in [0.25, 0.3) is 10.9 Å². The first kappa shape index (κ1) is 14.0. The Labute approximate surface area is 126 Å². The van der Waals surface area contributed by atoms with Gasteiger partial charge in [-0.25, -0.2) is 4.98 Å². The molecular weight excluding hydrogens is 290 g/mol. The minimum absolute atomic E-state index is 0.177. The molecule has 1 aromatic heterocycles. The van der Waals surface area contributed by atoms with Gasteiger partial charge in [-0.2, -0.15) is 0 Å². The van der Waals surface area contributed by atoms with Gasteiger partial charge in [0.15, 0.2) is 0 Å². The van der Waals surface area contributed by atoms with E-state index in [1.54, 1.807) is 11.8 Å². The van der Waals surface area contributed by atoms with Gasteiger partial charge in [-0.3, -0.25) is 19.8 Å². The number of nitrogens with zero attached hydrogens (tertiary/aromatic N) is 2. The SMILES string of the molecule is CC1C(=O)NC(=O)CN1Cc1cc2ccccc2nc1Cl. The van der Waals surface area contributed by atoms with Gasteiger partial charge in [-0.1, -0.05) is 29.8 Å². The molecule has 21 heavy (non-hydrogen) atoms. The average Bonchev–Trinajstić information content (AvgIpc) is 2.45. The smallest absolute Gasteiger partial charge is 0.243 e. The summed E-state index contributed by atoms with van der Waals surface area (Å²) in [6.07, 6.45) is 0. The third kappa shape index (κ3) is 2.75. The molecule has 0 aliphatic carbocycles. The second kappa shape index (κ2) is 5.42. The van der Waals surface area contributed by atoms with Gasteiger partial charge in [0.05, 0.1) is 18.1 Å². The van der Waals surface area contributed by atoms with E-state index in [-0.39, 0.29) is 24.4 Å². The number of nitrogens with one attached hydrogen (secondary N) is 1. The first-order valence-electron chi connectivity index (χ1n) is 6.66. The number of fused-ring (bicyclic) bond motifs is 1. The summed E-state index contributed by atoms with van der Waals surface area (Å²) in [6, 6.07) is 9.27. The van der Waals surface area contributed by atoms with Crippen molar-refractivity contribution in [1.29, 1.82) is 0 Å². The molecule has 6 heteroatoms. The molecule has 1 saturated heterocycles. The lowest BCUT2D eigenvalue weighted by Gasteiger charge is -2.31. The van der Waals surface area contributed by atoms with Crippen LogP contribution in [0.15, 0.2) is 30.3 Å². The van der Waals surface area contributed by atoms with E-state index < -0.39 is 0 Å². The van der Waals surface area contributed by atoms with Gasteiger partial charge in [0.25, 0.3) is 0 Å². The van der Waals surface area contributed by atoms with E-state index in [0.717, 1.165) is 16.5 Å². The number of imide groups is 1. The fourth-order valence-corrected chi connectivity index (χ4v) is 2.63. The zero-order chi connectivity index (χ0) is 15.0. The van der Waals surface area contributed by atoms with Crippen molar-refractivity contribution in [3.63, 3.8) is 0 Å².